The summed E-state index contributed by atoms with van der Waals surface area (Å²) in [6.07, 6.45) is 3.30. The first-order chi connectivity index (χ1) is 12.1. The van der Waals surface area contributed by atoms with Gasteiger partial charge in [0.05, 0.1) is 6.61 Å². The van der Waals surface area contributed by atoms with E-state index in [0.29, 0.717) is 23.6 Å². The number of amides is 1. The molecular weight excluding hydrogens is 321 g/mol. The molecule has 3 aromatic rings. The van der Waals surface area contributed by atoms with Crippen molar-refractivity contribution in [2.24, 2.45) is 7.05 Å². The van der Waals surface area contributed by atoms with Crippen molar-refractivity contribution in [1.82, 2.24) is 19.7 Å². The van der Waals surface area contributed by atoms with Gasteiger partial charge in [-0.3, -0.25) is 9.78 Å². The van der Waals surface area contributed by atoms with Crippen molar-refractivity contribution in [3.63, 3.8) is 0 Å². The van der Waals surface area contributed by atoms with E-state index in [1.165, 1.54) is 4.68 Å². The molecule has 1 aliphatic rings. The fraction of sp³-hybridized carbons (Fsp3) is 0.125. The quantitative estimate of drug-likeness (QED) is 0.670. The maximum Gasteiger partial charge on any atom is 0.491 e. The van der Waals surface area contributed by atoms with Gasteiger partial charge in [0.25, 0.3) is 5.91 Å². The summed E-state index contributed by atoms with van der Waals surface area (Å²) in [7, 11) is 0.695. The minimum atomic E-state index is -0.959. The first-order valence-corrected chi connectivity index (χ1v) is 7.67. The second-order valence-electron chi connectivity index (χ2n) is 5.66. The van der Waals surface area contributed by atoms with Crippen molar-refractivity contribution in [1.29, 1.82) is 0 Å². The molecule has 0 atom stereocenters. The van der Waals surface area contributed by atoms with Crippen LogP contribution in [0.5, 0.6) is 0 Å². The van der Waals surface area contributed by atoms with E-state index in [2.05, 4.69) is 20.4 Å². The van der Waals surface area contributed by atoms with Crippen LogP contribution in [0, 0.1) is 0 Å². The second kappa shape index (κ2) is 6.12. The standard InChI is InChI=1S/C16H14BN5O3/c1-22-15(20-14(21-22)10-3-2-6-18-8-10)16(23)19-12-5-4-11-9-25-17(24)13(11)7-12/h2-8,24H,9H2,1H3,(H,19,23). The Morgan fingerprint density at radius 3 is 3.08 bits per heavy atom. The maximum absolute atomic E-state index is 12.5. The predicted octanol–water partition coefficient (Wildman–Crippen LogP) is 0.347. The lowest BCUT2D eigenvalue weighted by Gasteiger charge is -2.06. The molecule has 0 unspecified atom stereocenters. The molecule has 0 spiro atoms. The summed E-state index contributed by atoms with van der Waals surface area (Å²) in [6.45, 7) is 0.364. The van der Waals surface area contributed by atoms with Gasteiger partial charge in [0.1, 0.15) is 0 Å². The van der Waals surface area contributed by atoms with Crippen LogP contribution < -0.4 is 10.8 Å². The number of hydrogen-bond donors (Lipinski definition) is 2. The SMILES string of the molecule is Cn1nc(-c2cccnc2)nc1C(=O)Nc1ccc2c(c1)B(O)OC2. The molecule has 0 bridgehead atoms. The lowest BCUT2D eigenvalue weighted by molar-refractivity contribution is 0.101. The zero-order valence-corrected chi connectivity index (χ0v) is 13.4. The van der Waals surface area contributed by atoms with Crippen molar-refractivity contribution < 1.29 is 14.5 Å². The molecule has 3 heterocycles. The molecular formula is C16H14BN5O3. The van der Waals surface area contributed by atoms with E-state index >= 15 is 0 Å². The molecule has 124 valence electrons. The first-order valence-electron chi connectivity index (χ1n) is 7.67. The van der Waals surface area contributed by atoms with E-state index in [0.717, 1.165) is 11.1 Å². The largest absolute Gasteiger partial charge is 0.491 e. The highest BCUT2D eigenvalue weighted by atomic mass is 16.5. The van der Waals surface area contributed by atoms with Crippen molar-refractivity contribution in [3.05, 3.63) is 54.1 Å². The van der Waals surface area contributed by atoms with Gasteiger partial charge < -0.3 is 15.0 Å². The molecule has 0 radical (unpaired) electrons. The highest BCUT2D eigenvalue weighted by Gasteiger charge is 2.27. The number of nitrogens with zero attached hydrogens (tertiary/aromatic N) is 4. The van der Waals surface area contributed by atoms with Gasteiger partial charge in [-0.15, -0.1) is 0 Å². The van der Waals surface area contributed by atoms with E-state index in [1.807, 2.05) is 12.1 Å². The number of anilines is 1. The van der Waals surface area contributed by atoms with Gasteiger partial charge in [0.2, 0.25) is 5.82 Å². The Labute approximate surface area is 143 Å². The summed E-state index contributed by atoms with van der Waals surface area (Å²) in [4.78, 5) is 20.8. The lowest BCUT2D eigenvalue weighted by atomic mass is 9.79. The molecule has 1 amide bonds. The van der Waals surface area contributed by atoms with Crippen LogP contribution in [0.4, 0.5) is 5.69 Å². The Kier molecular flexibility index (Phi) is 3.79. The summed E-state index contributed by atoms with van der Waals surface area (Å²) in [5.74, 6) is 0.216. The zero-order chi connectivity index (χ0) is 17.4. The molecule has 2 N–H and O–H groups in total. The van der Waals surface area contributed by atoms with Gasteiger partial charge in [-0.1, -0.05) is 6.07 Å². The normalized spacial score (nSPS) is 13.0. The smallest absolute Gasteiger partial charge is 0.423 e. The Morgan fingerprint density at radius 2 is 2.28 bits per heavy atom. The van der Waals surface area contributed by atoms with Crippen LogP contribution in [0.25, 0.3) is 11.4 Å². The Morgan fingerprint density at radius 1 is 1.40 bits per heavy atom. The molecule has 1 aromatic carbocycles. The second-order valence-corrected chi connectivity index (χ2v) is 5.66. The summed E-state index contributed by atoms with van der Waals surface area (Å²) >= 11 is 0. The minimum Gasteiger partial charge on any atom is -0.423 e. The highest BCUT2D eigenvalue weighted by molar-refractivity contribution is 6.61. The Hall–Kier alpha value is -3.04. The molecule has 0 saturated heterocycles. The first kappa shape index (κ1) is 15.5. The van der Waals surface area contributed by atoms with E-state index in [9.17, 15) is 9.82 Å². The number of rotatable bonds is 3. The number of hydrogen-bond acceptors (Lipinski definition) is 6. The molecule has 0 aliphatic carbocycles. The van der Waals surface area contributed by atoms with E-state index in [1.54, 1.807) is 37.6 Å². The fourth-order valence-electron chi connectivity index (χ4n) is 2.68. The van der Waals surface area contributed by atoms with Crippen molar-refractivity contribution >= 4 is 24.2 Å². The number of benzene rings is 1. The number of carbonyl (C=O) groups excluding carboxylic acids is 1. The molecule has 8 nitrogen and oxygen atoms in total. The molecule has 0 saturated carbocycles. The molecule has 4 rings (SSSR count). The average Bonchev–Trinajstić information content (AvgIpc) is 3.19. The molecule has 2 aromatic heterocycles. The number of pyridine rings is 1. The van der Waals surface area contributed by atoms with Crippen LogP contribution in [0.1, 0.15) is 16.2 Å². The van der Waals surface area contributed by atoms with Crippen LogP contribution in [-0.4, -0.2) is 37.8 Å². The number of fused-ring (bicyclic) bond motifs is 1. The monoisotopic (exact) mass is 335 g/mol. The number of nitrogens with one attached hydrogen (secondary N) is 1. The van der Waals surface area contributed by atoms with Crippen LogP contribution in [0.3, 0.4) is 0 Å². The zero-order valence-electron chi connectivity index (χ0n) is 13.4. The minimum absolute atomic E-state index is 0.177. The Balaban J connectivity index is 1.58. The number of carbonyl (C=O) groups is 1. The highest BCUT2D eigenvalue weighted by Crippen LogP contribution is 2.17. The van der Waals surface area contributed by atoms with E-state index in [-0.39, 0.29) is 5.82 Å². The fourth-order valence-corrected chi connectivity index (χ4v) is 2.68. The van der Waals surface area contributed by atoms with Gasteiger partial charge in [-0.05, 0) is 35.3 Å². The van der Waals surface area contributed by atoms with Crippen molar-refractivity contribution in [2.75, 3.05) is 5.32 Å². The molecule has 9 heteroatoms. The van der Waals surface area contributed by atoms with Gasteiger partial charge in [0.15, 0.2) is 5.82 Å². The van der Waals surface area contributed by atoms with Crippen LogP contribution in [-0.2, 0) is 18.3 Å². The topological polar surface area (TPSA) is 102 Å². The summed E-state index contributed by atoms with van der Waals surface area (Å²) in [6, 6.07) is 8.88. The maximum atomic E-state index is 12.5. The molecule has 1 aliphatic heterocycles. The third-order valence-corrected chi connectivity index (χ3v) is 3.95. The third-order valence-electron chi connectivity index (χ3n) is 3.95. The van der Waals surface area contributed by atoms with Crippen LogP contribution in [0.15, 0.2) is 42.7 Å². The van der Waals surface area contributed by atoms with E-state index < -0.39 is 13.0 Å². The lowest BCUT2D eigenvalue weighted by Crippen LogP contribution is -2.28. The third kappa shape index (κ3) is 2.90. The van der Waals surface area contributed by atoms with Gasteiger partial charge in [-0.2, -0.15) is 5.10 Å². The van der Waals surface area contributed by atoms with Crippen LogP contribution >= 0.6 is 0 Å². The van der Waals surface area contributed by atoms with Gasteiger partial charge in [-0.25, -0.2) is 9.67 Å². The van der Waals surface area contributed by atoms with E-state index in [4.69, 9.17) is 4.65 Å². The summed E-state index contributed by atoms with van der Waals surface area (Å²) in [5, 5.41) is 16.8. The van der Waals surface area contributed by atoms with Gasteiger partial charge >= 0.3 is 7.12 Å². The predicted molar refractivity (Wildman–Crippen MR) is 91.0 cm³/mol. The Bertz CT molecular complexity index is 944. The number of aromatic nitrogens is 4. The van der Waals surface area contributed by atoms with Crippen LogP contribution in [0.2, 0.25) is 0 Å². The number of aryl methyl sites for hydroxylation is 1. The van der Waals surface area contributed by atoms with Gasteiger partial charge in [0, 0.05) is 30.7 Å². The van der Waals surface area contributed by atoms with Crippen molar-refractivity contribution in [3.8, 4) is 11.4 Å². The molecule has 25 heavy (non-hydrogen) atoms. The van der Waals surface area contributed by atoms with Crippen molar-refractivity contribution in [2.45, 2.75) is 6.61 Å². The summed E-state index contributed by atoms with van der Waals surface area (Å²) < 4.78 is 6.57. The summed E-state index contributed by atoms with van der Waals surface area (Å²) in [5.41, 5.74) is 2.85. The average molecular weight is 335 g/mol. The molecule has 0 fully saturated rings.